The number of nitrogens with two attached hydrogens (primary N) is 1. The monoisotopic (exact) mass is 628 g/mol. The molecule has 0 radical (unpaired) electrons. The van der Waals surface area contributed by atoms with Gasteiger partial charge < -0.3 is 26.4 Å². The second-order valence-electron chi connectivity index (χ2n) is 12.0. The summed E-state index contributed by atoms with van der Waals surface area (Å²) >= 11 is 12.3. The van der Waals surface area contributed by atoms with Gasteiger partial charge in [0.25, 0.3) is 0 Å². The fourth-order valence-corrected chi connectivity index (χ4v) is 6.66. The normalized spacial score (nSPS) is 22.8. The van der Waals surface area contributed by atoms with Crippen LogP contribution in [0.15, 0.2) is 42.6 Å². The van der Waals surface area contributed by atoms with E-state index in [0.717, 1.165) is 0 Å². The van der Waals surface area contributed by atoms with Crippen molar-refractivity contribution < 1.29 is 23.5 Å². The third-order valence-corrected chi connectivity index (χ3v) is 8.44. The van der Waals surface area contributed by atoms with Crippen LogP contribution in [0.25, 0.3) is 0 Å². The molecule has 1 fully saturated rings. The van der Waals surface area contributed by atoms with Crippen LogP contribution in [-0.2, 0) is 15.0 Å². The maximum Gasteiger partial charge on any atom is 0.248 e. The zero-order valence-corrected chi connectivity index (χ0v) is 25.4. The Balaban J connectivity index is 1.62. The Kier molecular flexibility index (Phi) is 8.10. The molecule has 5 rings (SSSR count). The van der Waals surface area contributed by atoms with Crippen LogP contribution in [-0.4, -0.2) is 46.9 Å². The fourth-order valence-electron chi connectivity index (χ4n) is 6.35. The van der Waals surface area contributed by atoms with Crippen molar-refractivity contribution in [1.29, 1.82) is 0 Å². The van der Waals surface area contributed by atoms with E-state index < -0.39 is 47.0 Å². The lowest BCUT2D eigenvalue weighted by atomic mass is 9.62. The lowest BCUT2D eigenvalue weighted by Crippen LogP contribution is -2.49. The highest BCUT2D eigenvalue weighted by Crippen LogP contribution is 2.57. The Labute approximate surface area is 257 Å². The maximum absolute atomic E-state index is 15.9. The number of nitrogens with zero attached hydrogens (tertiary/aromatic N) is 2. The lowest BCUT2D eigenvalue weighted by Gasteiger charge is -2.37. The standard InChI is InChI=1S/C30H31Cl2FN6O4/c1-29(2,3)12-21-30(16-13-35-28(32)39-26(16)38-27(30)42)23(15-6-5-7-17(31)24(15)33)19(36-21)11-22(40)37-18-9-8-14(25(34)41)10-20(18)43-4/h5-10,13,19,21,23,36H,11-12H2,1-4H3,(H2,34,41)(H,37,40)(H,35,38,39,42). The number of benzene rings is 2. The molecule has 0 aliphatic carbocycles. The van der Waals surface area contributed by atoms with Crippen LogP contribution in [0.4, 0.5) is 15.9 Å². The molecule has 4 unspecified atom stereocenters. The van der Waals surface area contributed by atoms with E-state index in [4.69, 9.17) is 33.7 Å². The van der Waals surface area contributed by atoms with Crippen LogP contribution in [0.5, 0.6) is 5.75 Å². The van der Waals surface area contributed by atoms with E-state index in [2.05, 4.69) is 25.9 Å². The number of nitrogens with one attached hydrogen (secondary N) is 3. The molecular formula is C30H31Cl2FN6O4. The lowest BCUT2D eigenvalue weighted by molar-refractivity contribution is -0.122. The summed E-state index contributed by atoms with van der Waals surface area (Å²) in [6.45, 7) is 6.10. The van der Waals surface area contributed by atoms with Gasteiger partial charge in [-0.2, -0.15) is 0 Å². The number of hydrogen-bond acceptors (Lipinski definition) is 7. The molecule has 0 saturated carbocycles. The van der Waals surface area contributed by atoms with E-state index in [1.54, 1.807) is 12.1 Å². The highest BCUT2D eigenvalue weighted by atomic mass is 35.5. The number of halogens is 3. The molecule has 226 valence electrons. The third-order valence-electron chi connectivity index (χ3n) is 7.97. The summed E-state index contributed by atoms with van der Waals surface area (Å²) in [7, 11) is 1.40. The van der Waals surface area contributed by atoms with E-state index in [-0.39, 0.29) is 44.8 Å². The van der Waals surface area contributed by atoms with Crippen molar-refractivity contribution in [2.24, 2.45) is 11.1 Å². The topological polar surface area (TPSA) is 148 Å². The van der Waals surface area contributed by atoms with Crippen LogP contribution < -0.4 is 26.4 Å². The molecule has 4 atom stereocenters. The Morgan fingerprint density at radius 2 is 1.95 bits per heavy atom. The second kappa shape index (κ2) is 11.4. The molecule has 10 nitrogen and oxygen atoms in total. The number of amides is 3. The van der Waals surface area contributed by atoms with Gasteiger partial charge >= 0.3 is 0 Å². The summed E-state index contributed by atoms with van der Waals surface area (Å²) in [5.41, 5.74) is 4.87. The van der Waals surface area contributed by atoms with E-state index in [1.165, 1.54) is 37.6 Å². The van der Waals surface area contributed by atoms with E-state index in [1.807, 2.05) is 20.8 Å². The summed E-state index contributed by atoms with van der Waals surface area (Å²) in [5.74, 6) is -2.59. The van der Waals surface area contributed by atoms with Gasteiger partial charge in [0.1, 0.15) is 22.8 Å². The van der Waals surface area contributed by atoms with Gasteiger partial charge in [0.2, 0.25) is 23.0 Å². The molecule has 3 amide bonds. The minimum atomic E-state index is -1.40. The number of anilines is 2. The number of carbonyl (C=O) groups is 3. The minimum absolute atomic E-state index is 0.0489. The smallest absolute Gasteiger partial charge is 0.248 e. The molecule has 13 heteroatoms. The van der Waals surface area contributed by atoms with Gasteiger partial charge in [-0.15, -0.1) is 0 Å². The molecule has 43 heavy (non-hydrogen) atoms. The molecule has 1 spiro atoms. The SMILES string of the molecule is COc1cc(C(N)=O)ccc1NC(=O)CC1NC(CC(C)(C)C)C2(C(=O)Nc3nc(Cl)ncc32)C1c1cccc(Cl)c1F. The zero-order valence-electron chi connectivity index (χ0n) is 23.9. The first-order valence-electron chi connectivity index (χ1n) is 13.6. The van der Waals surface area contributed by atoms with Crippen molar-refractivity contribution in [3.8, 4) is 5.75 Å². The average Bonchev–Trinajstić information content (AvgIpc) is 3.38. The number of fused-ring (bicyclic) bond motifs is 2. The van der Waals surface area contributed by atoms with Crippen molar-refractivity contribution in [2.75, 3.05) is 17.7 Å². The molecule has 2 aliphatic rings. The van der Waals surface area contributed by atoms with E-state index in [9.17, 15) is 14.4 Å². The highest BCUT2D eigenvalue weighted by Gasteiger charge is 2.65. The Bertz CT molecular complexity index is 1630. The molecule has 5 N–H and O–H groups in total. The van der Waals surface area contributed by atoms with Gasteiger partial charge in [-0.3, -0.25) is 14.4 Å². The number of methoxy groups -OCH3 is 1. The van der Waals surface area contributed by atoms with Gasteiger partial charge in [-0.1, -0.05) is 44.5 Å². The quantitative estimate of drug-likeness (QED) is 0.274. The predicted octanol–water partition coefficient (Wildman–Crippen LogP) is 4.81. The molecule has 2 aromatic carbocycles. The Hall–Kier alpha value is -3.80. The van der Waals surface area contributed by atoms with Gasteiger partial charge in [-0.25, -0.2) is 14.4 Å². The largest absolute Gasteiger partial charge is 0.495 e. The number of carbonyl (C=O) groups excluding carboxylic acids is 3. The zero-order chi connectivity index (χ0) is 31.3. The van der Waals surface area contributed by atoms with Crippen LogP contribution >= 0.6 is 23.2 Å². The number of ether oxygens (including phenoxy) is 1. The molecule has 3 aromatic rings. The minimum Gasteiger partial charge on any atom is -0.495 e. The fraction of sp³-hybridized carbons (Fsp3) is 0.367. The van der Waals surface area contributed by atoms with Crippen molar-refractivity contribution in [1.82, 2.24) is 15.3 Å². The number of hydrogen-bond donors (Lipinski definition) is 4. The van der Waals surface area contributed by atoms with E-state index in [0.29, 0.717) is 17.7 Å². The van der Waals surface area contributed by atoms with Crippen molar-refractivity contribution in [2.45, 2.75) is 57.0 Å². The van der Waals surface area contributed by atoms with Gasteiger partial charge in [0.15, 0.2) is 0 Å². The highest BCUT2D eigenvalue weighted by molar-refractivity contribution is 6.30. The van der Waals surface area contributed by atoms with Gasteiger partial charge in [-0.05, 0) is 53.3 Å². The second-order valence-corrected chi connectivity index (χ2v) is 12.7. The van der Waals surface area contributed by atoms with Crippen LogP contribution in [0.2, 0.25) is 10.3 Å². The number of aromatic nitrogens is 2. The molecule has 1 aromatic heterocycles. The molecule has 0 bridgehead atoms. The predicted molar refractivity (Wildman–Crippen MR) is 161 cm³/mol. The molecular weight excluding hydrogens is 598 g/mol. The van der Waals surface area contributed by atoms with Gasteiger partial charge in [0, 0.05) is 41.7 Å². The summed E-state index contributed by atoms with van der Waals surface area (Å²) in [6, 6.07) is 7.74. The van der Waals surface area contributed by atoms with Crippen LogP contribution in [0.1, 0.15) is 61.0 Å². The van der Waals surface area contributed by atoms with Crippen molar-refractivity contribution in [3.63, 3.8) is 0 Å². The van der Waals surface area contributed by atoms with Crippen LogP contribution in [0.3, 0.4) is 0 Å². The van der Waals surface area contributed by atoms with Crippen LogP contribution in [0, 0.1) is 11.2 Å². The Morgan fingerprint density at radius 1 is 1.21 bits per heavy atom. The number of primary amides is 1. The van der Waals surface area contributed by atoms with Crippen molar-refractivity contribution in [3.05, 3.63) is 75.4 Å². The molecule has 1 saturated heterocycles. The first kappa shape index (κ1) is 30.7. The average molecular weight is 630 g/mol. The van der Waals surface area contributed by atoms with E-state index >= 15 is 4.39 Å². The van der Waals surface area contributed by atoms with Gasteiger partial charge in [0.05, 0.1) is 17.8 Å². The third kappa shape index (κ3) is 5.52. The van der Waals surface area contributed by atoms with Crippen molar-refractivity contribution >= 4 is 52.4 Å². The number of rotatable bonds is 7. The Morgan fingerprint density at radius 3 is 2.63 bits per heavy atom. The molecule has 2 aliphatic heterocycles. The first-order valence-corrected chi connectivity index (χ1v) is 14.3. The summed E-state index contributed by atoms with van der Waals surface area (Å²) in [5, 5.41) is 9.01. The maximum atomic E-state index is 15.9. The summed E-state index contributed by atoms with van der Waals surface area (Å²) in [4.78, 5) is 47.8. The summed E-state index contributed by atoms with van der Waals surface area (Å²) in [6.07, 6.45) is 1.82. The first-order chi connectivity index (χ1) is 20.3. The summed E-state index contributed by atoms with van der Waals surface area (Å²) < 4.78 is 21.2. The molecule has 3 heterocycles.